The minimum Gasteiger partial charge on any atom is -0.488 e. The van der Waals surface area contributed by atoms with Gasteiger partial charge in [-0.1, -0.05) is 0 Å². The second kappa shape index (κ2) is 3.79. The van der Waals surface area contributed by atoms with Crippen LogP contribution < -0.4 is 10.5 Å². The molecule has 1 aromatic heterocycles. The van der Waals surface area contributed by atoms with Crippen molar-refractivity contribution in [3.63, 3.8) is 0 Å². The van der Waals surface area contributed by atoms with Crippen LogP contribution in [0.2, 0.25) is 0 Å². The van der Waals surface area contributed by atoms with Gasteiger partial charge in [-0.05, 0) is 41.5 Å². The molecule has 0 aromatic carbocycles. The summed E-state index contributed by atoms with van der Waals surface area (Å²) in [7, 11) is 0. The minimum absolute atomic E-state index is 0.430. The molecule has 2 rings (SSSR count). The number of rotatable bonds is 3. The summed E-state index contributed by atoms with van der Waals surface area (Å²) in [5, 5.41) is 0. The topological polar surface area (TPSA) is 48.1 Å². The van der Waals surface area contributed by atoms with Crippen LogP contribution in [-0.2, 0) is 6.54 Å². The maximum atomic E-state index is 5.64. The number of pyridine rings is 1. The fraction of sp³-hybridized carbons (Fsp3) is 0.444. The van der Waals surface area contributed by atoms with Gasteiger partial charge in [0.1, 0.15) is 0 Å². The molecule has 0 spiro atoms. The molecular formula is C9H11IN2O. The number of ether oxygens (including phenoxy) is 1. The van der Waals surface area contributed by atoms with Crippen molar-refractivity contribution >= 4 is 22.6 Å². The molecule has 0 aliphatic heterocycles. The SMILES string of the molecule is NCc1cc(I)c(OC2CC2)cn1. The number of nitrogens with two attached hydrogens (primary N) is 1. The Morgan fingerprint density at radius 2 is 2.38 bits per heavy atom. The molecule has 1 saturated carbocycles. The molecule has 3 nitrogen and oxygen atoms in total. The summed E-state index contributed by atoms with van der Waals surface area (Å²) in [4.78, 5) is 4.18. The number of hydrogen-bond donors (Lipinski definition) is 1. The van der Waals surface area contributed by atoms with Crippen LogP contribution in [0.5, 0.6) is 5.75 Å². The predicted octanol–water partition coefficient (Wildman–Crippen LogP) is 1.69. The summed E-state index contributed by atoms with van der Waals surface area (Å²) >= 11 is 2.25. The van der Waals surface area contributed by atoms with Gasteiger partial charge < -0.3 is 10.5 Å². The first-order chi connectivity index (χ1) is 6.29. The second-order valence-electron chi connectivity index (χ2n) is 3.13. The van der Waals surface area contributed by atoms with Gasteiger partial charge >= 0.3 is 0 Å². The van der Waals surface area contributed by atoms with E-state index in [-0.39, 0.29) is 0 Å². The third-order valence-electron chi connectivity index (χ3n) is 1.90. The van der Waals surface area contributed by atoms with Crippen molar-refractivity contribution in [2.24, 2.45) is 5.73 Å². The summed E-state index contributed by atoms with van der Waals surface area (Å²) in [5.41, 5.74) is 6.39. The smallest absolute Gasteiger partial charge is 0.151 e. The average Bonchev–Trinajstić information content (AvgIpc) is 2.92. The van der Waals surface area contributed by atoms with Crippen LogP contribution in [0.15, 0.2) is 12.3 Å². The fourth-order valence-corrected chi connectivity index (χ4v) is 1.65. The van der Waals surface area contributed by atoms with E-state index in [9.17, 15) is 0 Å². The minimum atomic E-state index is 0.430. The quantitative estimate of drug-likeness (QED) is 0.862. The van der Waals surface area contributed by atoms with Gasteiger partial charge in [0.25, 0.3) is 0 Å². The summed E-state index contributed by atoms with van der Waals surface area (Å²) < 4.78 is 6.74. The van der Waals surface area contributed by atoms with Crippen molar-refractivity contribution in [1.29, 1.82) is 0 Å². The summed E-state index contributed by atoms with van der Waals surface area (Å²) in [6.07, 6.45) is 4.55. The van der Waals surface area contributed by atoms with Gasteiger partial charge in [-0.3, -0.25) is 4.98 Å². The average molecular weight is 290 g/mol. The largest absolute Gasteiger partial charge is 0.488 e. The van der Waals surface area contributed by atoms with E-state index in [0.717, 1.165) is 15.0 Å². The lowest BCUT2D eigenvalue weighted by Crippen LogP contribution is -2.03. The zero-order valence-corrected chi connectivity index (χ0v) is 9.32. The molecule has 1 fully saturated rings. The summed E-state index contributed by atoms with van der Waals surface area (Å²) in [5.74, 6) is 0.889. The fourth-order valence-electron chi connectivity index (χ4n) is 1.02. The molecule has 0 radical (unpaired) electrons. The highest BCUT2D eigenvalue weighted by atomic mass is 127. The van der Waals surface area contributed by atoms with E-state index in [1.165, 1.54) is 12.8 Å². The molecule has 1 aromatic rings. The second-order valence-corrected chi connectivity index (χ2v) is 4.29. The molecule has 1 aliphatic rings. The molecule has 0 saturated heterocycles. The zero-order chi connectivity index (χ0) is 9.26. The molecular weight excluding hydrogens is 279 g/mol. The highest BCUT2D eigenvalue weighted by Crippen LogP contribution is 2.29. The standard InChI is InChI=1S/C9H11IN2O/c10-8-3-6(4-11)12-5-9(8)13-7-1-2-7/h3,5,7H,1-2,4,11H2. The van der Waals surface area contributed by atoms with E-state index < -0.39 is 0 Å². The number of hydrogen-bond acceptors (Lipinski definition) is 3. The van der Waals surface area contributed by atoms with E-state index in [2.05, 4.69) is 27.6 Å². The molecule has 0 bridgehead atoms. The van der Waals surface area contributed by atoms with Crippen molar-refractivity contribution in [3.05, 3.63) is 21.5 Å². The van der Waals surface area contributed by atoms with Crippen LogP contribution in [-0.4, -0.2) is 11.1 Å². The van der Waals surface area contributed by atoms with Gasteiger partial charge in [-0.25, -0.2) is 0 Å². The number of halogens is 1. The molecule has 0 unspecified atom stereocenters. The van der Waals surface area contributed by atoms with Crippen LogP contribution in [0.4, 0.5) is 0 Å². The highest BCUT2D eigenvalue weighted by molar-refractivity contribution is 14.1. The molecule has 4 heteroatoms. The van der Waals surface area contributed by atoms with Crippen LogP contribution in [0.25, 0.3) is 0 Å². The van der Waals surface area contributed by atoms with E-state index >= 15 is 0 Å². The molecule has 0 amide bonds. The normalized spacial score (nSPS) is 15.8. The number of nitrogens with zero attached hydrogens (tertiary/aromatic N) is 1. The first kappa shape index (κ1) is 9.21. The molecule has 13 heavy (non-hydrogen) atoms. The third-order valence-corrected chi connectivity index (χ3v) is 2.75. The van der Waals surface area contributed by atoms with Crippen LogP contribution in [0, 0.1) is 3.57 Å². The first-order valence-electron chi connectivity index (χ1n) is 4.30. The van der Waals surface area contributed by atoms with E-state index in [0.29, 0.717) is 12.6 Å². The van der Waals surface area contributed by atoms with E-state index in [4.69, 9.17) is 10.5 Å². The highest BCUT2D eigenvalue weighted by Gasteiger charge is 2.24. The van der Waals surface area contributed by atoms with Gasteiger partial charge in [-0.15, -0.1) is 0 Å². The van der Waals surface area contributed by atoms with Crippen LogP contribution >= 0.6 is 22.6 Å². The Bertz CT molecular complexity index is 312. The van der Waals surface area contributed by atoms with E-state index in [1.54, 1.807) is 6.20 Å². The molecule has 70 valence electrons. The van der Waals surface area contributed by atoms with Crippen molar-refractivity contribution in [2.45, 2.75) is 25.5 Å². The van der Waals surface area contributed by atoms with Crippen molar-refractivity contribution in [2.75, 3.05) is 0 Å². The molecule has 2 N–H and O–H groups in total. The Morgan fingerprint density at radius 3 is 2.92 bits per heavy atom. The zero-order valence-electron chi connectivity index (χ0n) is 7.16. The van der Waals surface area contributed by atoms with Crippen LogP contribution in [0.1, 0.15) is 18.5 Å². The predicted molar refractivity (Wildman–Crippen MR) is 58.5 cm³/mol. The third kappa shape index (κ3) is 2.31. The van der Waals surface area contributed by atoms with Gasteiger partial charge in [0.2, 0.25) is 0 Å². The van der Waals surface area contributed by atoms with E-state index in [1.807, 2.05) is 6.07 Å². The van der Waals surface area contributed by atoms with Gasteiger partial charge in [0.15, 0.2) is 5.75 Å². The summed E-state index contributed by atoms with van der Waals surface area (Å²) in [6, 6.07) is 1.97. The lowest BCUT2D eigenvalue weighted by molar-refractivity contribution is 0.299. The molecule has 1 aliphatic carbocycles. The Hall–Kier alpha value is -0.360. The van der Waals surface area contributed by atoms with Crippen molar-refractivity contribution in [3.8, 4) is 5.75 Å². The van der Waals surface area contributed by atoms with Crippen molar-refractivity contribution in [1.82, 2.24) is 4.98 Å². The maximum Gasteiger partial charge on any atom is 0.151 e. The number of aromatic nitrogens is 1. The molecule has 1 heterocycles. The monoisotopic (exact) mass is 290 g/mol. The maximum absolute atomic E-state index is 5.64. The van der Waals surface area contributed by atoms with Gasteiger partial charge in [-0.2, -0.15) is 0 Å². The Kier molecular flexibility index (Phi) is 2.69. The lowest BCUT2D eigenvalue weighted by atomic mass is 10.3. The first-order valence-corrected chi connectivity index (χ1v) is 5.38. The molecule has 0 atom stereocenters. The Labute approximate surface area is 90.8 Å². The van der Waals surface area contributed by atoms with Gasteiger partial charge in [0, 0.05) is 6.54 Å². The van der Waals surface area contributed by atoms with Crippen molar-refractivity contribution < 1.29 is 4.74 Å². The van der Waals surface area contributed by atoms with Gasteiger partial charge in [0.05, 0.1) is 21.6 Å². The lowest BCUT2D eigenvalue weighted by Gasteiger charge is -2.06. The Morgan fingerprint density at radius 1 is 1.62 bits per heavy atom. The van der Waals surface area contributed by atoms with Crippen LogP contribution in [0.3, 0.4) is 0 Å². The summed E-state index contributed by atoms with van der Waals surface area (Å²) in [6.45, 7) is 0.486. The Balaban J connectivity index is 2.15.